The van der Waals surface area contributed by atoms with Crippen LogP contribution in [0, 0.1) is 6.92 Å². The molecule has 27 heavy (non-hydrogen) atoms. The Bertz CT molecular complexity index is 1260. The second-order valence-electron chi connectivity index (χ2n) is 6.28. The summed E-state index contributed by atoms with van der Waals surface area (Å²) in [6, 6.07) is 4.80. The first-order valence-corrected chi connectivity index (χ1v) is 10.1. The van der Waals surface area contributed by atoms with Gasteiger partial charge in [-0.05, 0) is 25.1 Å². The van der Waals surface area contributed by atoms with Crippen molar-refractivity contribution in [3.05, 3.63) is 36.3 Å². The molecule has 0 aliphatic rings. The van der Waals surface area contributed by atoms with Crippen LogP contribution in [-0.2, 0) is 16.4 Å². The van der Waals surface area contributed by atoms with E-state index in [2.05, 4.69) is 25.6 Å². The van der Waals surface area contributed by atoms with Crippen molar-refractivity contribution in [3.8, 4) is 0 Å². The molecular weight excluding hydrogens is 371 g/mol. The summed E-state index contributed by atoms with van der Waals surface area (Å²) in [6.07, 6.45) is 4.52. The third-order valence-corrected chi connectivity index (χ3v) is 5.42. The second-order valence-corrected chi connectivity index (χ2v) is 8.29. The zero-order valence-electron chi connectivity index (χ0n) is 14.7. The van der Waals surface area contributed by atoms with Gasteiger partial charge in [-0.1, -0.05) is 0 Å². The molecule has 0 aliphatic carbocycles. The number of H-pyrrole nitrogens is 1. The highest BCUT2D eigenvalue weighted by molar-refractivity contribution is 7.90. The predicted molar refractivity (Wildman–Crippen MR) is 101 cm³/mol. The minimum Gasteiger partial charge on any atom is -0.336 e. The maximum absolute atomic E-state index is 12.6. The number of hydrogen-bond acceptors (Lipinski definition) is 6. The number of alkyl halides is 1. The van der Waals surface area contributed by atoms with Gasteiger partial charge in [-0.2, -0.15) is 10.2 Å². The number of benzene rings is 1. The van der Waals surface area contributed by atoms with E-state index < -0.39 is 16.5 Å². The first kappa shape index (κ1) is 17.4. The fourth-order valence-corrected chi connectivity index (χ4v) is 3.61. The van der Waals surface area contributed by atoms with E-state index in [1.54, 1.807) is 24.5 Å². The van der Waals surface area contributed by atoms with E-state index in [0.717, 1.165) is 5.39 Å². The monoisotopic (exact) mass is 388 g/mol. The van der Waals surface area contributed by atoms with Crippen molar-refractivity contribution in [2.24, 2.45) is 0 Å². The van der Waals surface area contributed by atoms with Gasteiger partial charge in [-0.15, -0.1) is 0 Å². The first-order chi connectivity index (χ1) is 12.9. The zero-order valence-corrected chi connectivity index (χ0v) is 15.5. The quantitative estimate of drug-likeness (QED) is 0.545. The molecule has 3 aromatic heterocycles. The van der Waals surface area contributed by atoms with E-state index in [4.69, 9.17) is 0 Å². The lowest BCUT2D eigenvalue weighted by Crippen LogP contribution is -2.00. The molecule has 0 atom stereocenters. The van der Waals surface area contributed by atoms with E-state index in [-0.39, 0.29) is 11.4 Å². The van der Waals surface area contributed by atoms with Crippen molar-refractivity contribution in [3.63, 3.8) is 0 Å². The predicted octanol–water partition coefficient (Wildman–Crippen LogP) is 2.73. The van der Waals surface area contributed by atoms with Gasteiger partial charge in [0.1, 0.15) is 12.2 Å². The molecule has 0 unspecified atom stereocenters. The number of nitrogens with one attached hydrogen (secondary N) is 2. The molecule has 0 fully saturated rings. The number of rotatable bonds is 5. The van der Waals surface area contributed by atoms with Crippen LogP contribution < -0.4 is 5.32 Å². The van der Waals surface area contributed by atoms with E-state index in [1.807, 2.05) is 6.92 Å². The summed E-state index contributed by atoms with van der Waals surface area (Å²) in [5.41, 5.74) is 2.70. The van der Waals surface area contributed by atoms with Gasteiger partial charge in [-0.3, -0.25) is 9.78 Å². The first-order valence-electron chi connectivity index (χ1n) is 8.21. The van der Waals surface area contributed by atoms with Crippen LogP contribution in [0.1, 0.15) is 5.69 Å². The van der Waals surface area contributed by atoms with E-state index in [0.29, 0.717) is 33.6 Å². The van der Waals surface area contributed by atoms with Gasteiger partial charge >= 0.3 is 0 Å². The van der Waals surface area contributed by atoms with Crippen LogP contribution in [0.4, 0.5) is 15.9 Å². The molecule has 0 amide bonds. The Hall–Kier alpha value is -3.01. The Kier molecular flexibility index (Phi) is 4.06. The third-order valence-electron chi connectivity index (χ3n) is 4.31. The maximum atomic E-state index is 12.6. The van der Waals surface area contributed by atoms with Crippen molar-refractivity contribution in [2.75, 3.05) is 18.2 Å². The molecule has 0 spiro atoms. The van der Waals surface area contributed by atoms with Gasteiger partial charge in [0.2, 0.25) is 0 Å². The Morgan fingerprint density at radius 3 is 2.85 bits per heavy atom. The Labute approximate surface area is 154 Å². The largest absolute Gasteiger partial charge is 0.336 e. The van der Waals surface area contributed by atoms with Crippen molar-refractivity contribution in [1.82, 2.24) is 25.0 Å². The van der Waals surface area contributed by atoms with Crippen LogP contribution in [0.25, 0.3) is 21.8 Å². The third kappa shape index (κ3) is 3.12. The summed E-state index contributed by atoms with van der Waals surface area (Å²) >= 11 is 0. The van der Waals surface area contributed by atoms with Gasteiger partial charge < -0.3 is 5.32 Å². The van der Waals surface area contributed by atoms with Crippen molar-refractivity contribution in [1.29, 1.82) is 0 Å². The number of hydrogen-bond donors (Lipinski definition) is 2. The van der Waals surface area contributed by atoms with Crippen LogP contribution in [0.3, 0.4) is 0 Å². The Balaban J connectivity index is 1.85. The molecule has 0 saturated carbocycles. The summed E-state index contributed by atoms with van der Waals surface area (Å²) in [7, 11) is -3.33. The topological polar surface area (TPSA) is 106 Å². The molecule has 0 bridgehead atoms. The molecule has 10 heteroatoms. The molecule has 4 aromatic rings. The van der Waals surface area contributed by atoms with E-state index in [9.17, 15) is 12.8 Å². The van der Waals surface area contributed by atoms with Crippen LogP contribution >= 0.6 is 0 Å². The highest BCUT2D eigenvalue weighted by atomic mass is 32.2. The SMILES string of the molecule is Cc1nn(CCF)cc1Nc1nc2ccc(S(C)(=O)=O)cc2c2cn[nH]c12. The summed E-state index contributed by atoms with van der Waals surface area (Å²) in [5, 5.41) is 15.9. The number of sulfone groups is 1. The molecule has 0 aliphatic heterocycles. The number of pyridine rings is 1. The number of aromatic nitrogens is 5. The number of halogens is 1. The maximum Gasteiger partial charge on any atom is 0.175 e. The normalized spacial score (nSPS) is 12.1. The molecule has 2 N–H and O–H groups in total. The Morgan fingerprint density at radius 1 is 1.30 bits per heavy atom. The minimum absolute atomic E-state index is 0.182. The fraction of sp³-hybridized carbons (Fsp3) is 0.235. The molecular formula is C17H17FN6O2S. The van der Waals surface area contributed by atoms with Gasteiger partial charge in [0.15, 0.2) is 15.7 Å². The molecule has 3 heterocycles. The van der Waals surface area contributed by atoms with Crippen LogP contribution in [0.15, 0.2) is 35.5 Å². The number of aromatic amines is 1. The number of fused-ring (bicyclic) bond motifs is 3. The fourth-order valence-electron chi connectivity index (χ4n) is 2.97. The average Bonchev–Trinajstić information content (AvgIpc) is 3.22. The lowest BCUT2D eigenvalue weighted by atomic mass is 10.1. The number of nitrogens with zero attached hydrogens (tertiary/aromatic N) is 4. The van der Waals surface area contributed by atoms with Gasteiger partial charge in [-0.25, -0.2) is 17.8 Å². The summed E-state index contributed by atoms with van der Waals surface area (Å²) in [4.78, 5) is 4.83. The van der Waals surface area contributed by atoms with Crippen LogP contribution in [0.2, 0.25) is 0 Å². The lowest BCUT2D eigenvalue weighted by Gasteiger charge is -2.09. The van der Waals surface area contributed by atoms with Gasteiger partial charge in [0.05, 0.1) is 34.5 Å². The van der Waals surface area contributed by atoms with Crippen molar-refractivity contribution in [2.45, 2.75) is 18.4 Å². The highest BCUT2D eigenvalue weighted by Gasteiger charge is 2.15. The van der Waals surface area contributed by atoms with Gasteiger partial charge in [0, 0.05) is 23.2 Å². The molecule has 4 rings (SSSR count). The number of aryl methyl sites for hydroxylation is 2. The summed E-state index contributed by atoms with van der Waals surface area (Å²) < 4.78 is 37.8. The average molecular weight is 388 g/mol. The Morgan fingerprint density at radius 2 is 2.11 bits per heavy atom. The molecule has 8 nitrogen and oxygen atoms in total. The second kappa shape index (κ2) is 6.31. The number of anilines is 2. The molecule has 140 valence electrons. The summed E-state index contributed by atoms with van der Waals surface area (Å²) in [5.74, 6) is 0.532. The van der Waals surface area contributed by atoms with Crippen molar-refractivity contribution >= 4 is 43.1 Å². The van der Waals surface area contributed by atoms with E-state index in [1.165, 1.54) is 17.0 Å². The molecule has 0 saturated heterocycles. The smallest absolute Gasteiger partial charge is 0.175 e. The minimum atomic E-state index is -3.33. The van der Waals surface area contributed by atoms with Crippen LogP contribution in [-0.4, -0.2) is 46.3 Å². The lowest BCUT2D eigenvalue weighted by molar-refractivity contribution is 0.426. The van der Waals surface area contributed by atoms with E-state index >= 15 is 0 Å². The van der Waals surface area contributed by atoms with Crippen LogP contribution in [0.5, 0.6) is 0 Å². The standard InChI is InChI=1S/C17H17FN6O2S/c1-10-15(9-24(23-10)6-5-18)21-17-16-13(8-19-22-16)12-7-11(27(2,25)26)3-4-14(12)20-17/h3-4,7-9H,5-6H2,1-2H3,(H,19,22)(H,20,21). The molecule has 1 aromatic carbocycles. The highest BCUT2D eigenvalue weighted by Crippen LogP contribution is 2.31. The molecule has 0 radical (unpaired) electrons. The summed E-state index contributed by atoms with van der Waals surface area (Å²) in [6.45, 7) is 1.50. The van der Waals surface area contributed by atoms with Gasteiger partial charge in [0.25, 0.3) is 0 Å². The zero-order chi connectivity index (χ0) is 19.2. The van der Waals surface area contributed by atoms with Crippen molar-refractivity contribution < 1.29 is 12.8 Å².